The zero-order valence-corrected chi connectivity index (χ0v) is 13.2. The number of rotatable bonds is 6. The highest BCUT2D eigenvalue weighted by Crippen LogP contribution is 2.22. The standard InChI is InChI=1S/C14H19N5OS/c1-10(2)7-8-21-14-16-17-18-19(14)13-6-4-5-12(9-13)15-11(3)20/h4-6,9-10H,7-8H2,1-3H3,(H,15,20). The molecule has 0 unspecified atom stereocenters. The summed E-state index contributed by atoms with van der Waals surface area (Å²) in [4.78, 5) is 11.1. The molecule has 1 amide bonds. The van der Waals surface area contributed by atoms with E-state index in [1.165, 1.54) is 6.92 Å². The predicted molar refractivity (Wildman–Crippen MR) is 83.6 cm³/mol. The molecule has 21 heavy (non-hydrogen) atoms. The van der Waals surface area contributed by atoms with Crippen LogP contribution in [0.1, 0.15) is 27.2 Å². The zero-order valence-electron chi connectivity index (χ0n) is 12.4. The van der Waals surface area contributed by atoms with Crippen molar-refractivity contribution >= 4 is 23.4 Å². The number of benzene rings is 1. The van der Waals surface area contributed by atoms with Gasteiger partial charge in [0, 0.05) is 18.4 Å². The molecule has 0 radical (unpaired) electrons. The molecule has 0 atom stereocenters. The molecule has 2 aromatic rings. The molecular formula is C14H19N5OS. The molecule has 0 aliphatic carbocycles. The van der Waals surface area contributed by atoms with Gasteiger partial charge < -0.3 is 5.32 Å². The van der Waals surface area contributed by atoms with Crippen molar-refractivity contribution in [2.24, 2.45) is 5.92 Å². The monoisotopic (exact) mass is 305 g/mol. The number of amides is 1. The van der Waals surface area contributed by atoms with Crippen LogP contribution >= 0.6 is 11.8 Å². The first-order chi connectivity index (χ1) is 10.1. The van der Waals surface area contributed by atoms with Crippen LogP contribution in [0.15, 0.2) is 29.4 Å². The Labute approximate surface area is 128 Å². The number of nitrogens with zero attached hydrogens (tertiary/aromatic N) is 4. The number of carbonyl (C=O) groups excluding carboxylic acids is 1. The summed E-state index contributed by atoms with van der Waals surface area (Å²) in [7, 11) is 0. The van der Waals surface area contributed by atoms with Gasteiger partial charge in [0.1, 0.15) is 0 Å². The van der Waals surface area contributed by atoms with Gasteiger partial charge in [0.25, 0.3) is 0 Å². The van der Waals surface area contributed by atoms with Crippen LogP contribution in [0.3, 0.4) is 0 Å². The SMILES string of the molecule is CC(=O)Nc1cccc(-n2nnnc2SCCC(C)C)c1. The van der Waals surface area contributed by atoms with E-state index < -0.39 is 0 Å². The third kappa shape index (κ3) is 4.56. The lowest BCUT2D eigenvalue weighted by Crippen LogP contribution is -2.07. The van der Waals surface area contributed by atoms with Crippen molar-refractivity contribution in [3.05, 3.63) is 24.3 Å². The van der Waals surface area contributed by atoms with Crippen molar-refractivity contribution in [1.29, 1.82) is 0 Å². The Morgan fingerprint density at radius 1 is 1.43 bits per heavy atom. The maximum absolute atomic E-state index is 11.1. The summed E-state index contributed by atoms with van der Waals surface area (Å²) in [5.41, 5.74) is 1.56. The minimum atomic E-state index is -0.101. The fourth-order valence-electron chi connectivity index (χ4n) is 1.74. The minimum Gasteiger partial charge on any atom is -0.326 e. The molecule has 2 rings (SSSR count). The second-order valence-electron chi connectivity index (χ2n) is 5.14. The predicted octanol–water partition coefficient (Wildman–Crippen LogP) is 2.76. The summed E-state index contributed by atoms with van der Waals surface area (Å²) in [5, 5.41) is 15.3. The molecule has 0 aliphatic heterocycles. The Morgan fingerprint density at radius 3 is 2.95 bits per heavy atom. The first-order valence-corrected chi connectivity index (χ1v) is 7.84. The molecule has 0 saturated heterocycles. The average molecular weight is 305 g/mol. The second-order valence-corrected chi connectivity index (χ2v) is 6.20. The largest absolute Gasteiger partial charge is 0.326 e. The van der Waals surface area contributed by atoms with Crippen LogP contribution in [0.5, 0.6) is 0 Å². The van der Waals surface area contributed by atoms with Crippen molar-refractivity contribution in [2.45, 2.75) is 32.3 Å². The Kier molecular flexibility index (Phi) is 5.32. The highest BCUT2D eigenvalue weighted by atomic mass is 32.2. The third-order valence-electron chi connectivity index (χ3n) is 2.78. The van der Waals surface area contributed by atoms with Gasteiger partial charge in [-0.2, -0.15) is 4.68 Å². The molecule has 0 spiro atoms. The smallest absolute Gasteiger partial charge is 0.221 e. The number of nitrogens with one attached hydrogen (secondary N) is 1. The van der Waals surface area contributed by atoms with Gasteiger partial charge >= 0.3 is 0 Å². The number of carbonyl (C=O) groups is 1. The first kappa shape index (κ1) is 15.5. The summed E-state index contributed by atoms with van der Waals surface area (Å²) in [6, 6.07) is 7.46. The van der Waals surface area contributed by atoms with Gasteiger partial charge in [0.2, 0.25) is 11.1 Å². The number of thioether (sulfide) groups is 1. The van der Waals surface area contributed by atoms with Crippen molar-refractivity contribution in [3.8, 4) is 5.69 Å². The van der Waals surface area contributed by atoms with Crippen LogP contribution in [-0.2, 0) is 4.79 Å². The third-order valence-corrected chi connectivity index (χ3v) is 3.73. The Bertz CT molecular complexity index is 611. The van der Waals surface area contributed by atoms with Crippen LogP contribution in [0.25, 0.3) is 5.69 Å². The lowest BCUT2D eigenvalue weighted by Gasteiger charge is -2.07. The Hall–Kier alpha value is -1.89. The van der Waals surface area contributed by atoms with Crippen molar-refractivity contribution in [3.63, 3.8) is 0 Å². The van der Waals surface area contributed by atoms with E-state index in [2.05, 4.69) is 34.7 Å². The quantitative estimate of drug-likeness (QED) is 0.831. The molecule has 0 bridgehead atoms. The van der Waals surface area contributed by atoms with Crippen LogP contribution in [0.4, 0.5) is 5.69 Å². The fraction of sp³-hybridized carbons (Fsp3) is 0.429. The summed E-state index contributed by atoms with van der Waals surface area (Å²) in [6.07, 6.45) is 1.11. The normalized spacial score (nSPS) is 10.9. The summed E-state index contributed by atoms with van der Waals surface area (Å²) in [6.45, 7) is 5.87. The Morgan fingerprint density at radius 2 is 2.24 bits per heavy atom. The number of anilines is 1. The van der Waals surface area contributed by atoms with E-state index in [0.29, 0.717) is 5.92 Å². The van der Waals surface area contributed by atoms with Gasteiger partial charge in [-0.05, 0) is 41.0 Å². The maximum Gasteiger partial charge on any atom is 0.221 e. The van der Waals surface area contributed by atoms with Gasteiger partial charge in [-0.3, -0.25) is 4.79 Å². The van der Waals surface area contributed by atoms with Gasteiger partial charge in [0.05, 0.1) is 5.69 Å². The van der Waals surface area contributed by atoms with E-state index in [0.717, 1.165) is 28.7 Å². The molecular weight excluding hydrogens is 286 g/mol. The zero-order chi connectivity index (χ0) is 15.2. The highest BCUT2D eigenvalue weighted by molar-refractivity contribution is 7.99. The molecule has 0 fully saturated rings. The van der Waals surface area contributed by atoms with Crippen molar-refractivity contribution in [1.82, 2.24) is 20.2 Å². The van der Waals surface area contributed by atoms with Crippen LogP contribution in [0, 0.1) is 5.92 Å². The number of aromatic nitrogens is 4. The van der Waals surface area contributed by atoms with Crippen LogP contribution < -0.4 is 5.32 Å². The number of tetrazole rings is 1. The minimum absolute atomic E-state index is 0.101. The molecule has 112 valence electrons. The van der Waals surface area contributed by atoms with Gasteiger partial charge in [-0.25, -0.2) is 0 Å². The molecule has 0 aliphatic rings. The van der Waals surface area contributed by atoms with Gasteiger partial charge in [-0.1, -0.05) is 31.7 Å². The number of hydrogen-bond acceptors (Lipinski definition) is 5. The van der Waals surface area contributed by atoms with Crippen LogP contribution in [0.2, 0.25) is 0 Å². The van der Waals surface area contributed by atoms with E-state index in [4.69, 9.17) is 0 Å². The molecule has 7 heteroatoms. The summed E-state index contributed by atoms with van der Waals surface area (Å²) < 4.78 is 1.69. The molecule has 6 nitrogen and oxygen atoms in total. The van der Waals surface area contributed by atoms with Crippen molar-refractivity contribution < 1.29 is 4.79 Å². The van der Waals surface area contributed by atoms with Gasteiger partial charge in [-0.15, -0.1) is 5.10 Å². The summed E-state index contributed by atoms with van der Waals surface area (Å²) in [5.74, 6) is 1.53. The van der Waals surface area contributed by atoms with E-state index in [9.17, 15) is 4.79 Å². The molecule has 1 aromatic carbocycles. The lowest BCUT2D eigenvalue weighted by molar-refractivity contribution is -0.114. The molecule has 1 aromatic heterocycles. The Balaban J connectivity index is 2.14. The van der Waals surface area contributed by atoms with E-state index >= 15 is 0 Å². The molecule has 1 N–H and O–H groups in total. The van der Waals surface area contributed by atoms with E-state index in [-0.39, 0.29) is 5.91 Å². The topological polar surface area (TPSA) is 72.7 Å². The number of hydrogen-bond donors (Lipinski definition) is 1. The average Bonchev–Trinajstić information content (AvgIpc) is 2.86. The maximum atomic E-state index is 11.1. The molecule has 1 heterocycles. The lowest BCUT2D eigenvalue weighted by atomic mass is 10.2. The highest BCUT2D eigenvalue weighted by Gasteiger charge is 2.10. The fourth-order valence-corrected chi connectivity index (χ4v) is 2.87. The first-order valence-electron chi connectivity index (χ1n) is 6.85. The van der Waals surface area contributed by atoms with Crippen molar-refractivity contribution in [2.75, 3.05) is 11.1 Å². The van der Waals surface area contributed by atoms with E-state index in [1.807, 2.05) is 24.3 Å². The second kappa shape index (κ2) is 7.21. The van der Waals surface area contributed by atoms with Gasteiger partial charge in [0.15, 0.2) is 0 Å². The van der Waals surface area contributed by atoms with E-state index in [1.54, 1.807) is 16.4 Å². The molecule has 0 saturated carbocycles. The summed E-state index contributed by atoms with van der Waals surface area (Å²) >= 11 is 1.64. The van der Waals surface area contributed by atoms with Crippen LogP contribution in [-0.4, -0.2) is 31.9 Å².